The Labute approximate surface area is 126 Å². The molecule has 0 radical (unpaired) electrons. The van der Waals surface area contributed by atoms with Crippen LogP contribution in [0.4, 0.5) is 11.4 Å². The highest BCUT2D eigenvalue weighted by Gasteiger charge is 2.22. The van der Waals surface area contributed by atoms with Crippen LogP contribution in [-0.4, -0.2) is 41.7 Å². The van der Waals surface area contributed by atoms with E-state index in [1.165, 1.54) is 6.42 Å². The number of carbonyl (C=O) groups excluding carboxylic acids is 1. The Balaban J connectivity index is 1.96. The predicted molar refractivity (Wildman–Crippen MR) is 85.1 cm³/mol. The van der Waals surface area contributed by atoms with Crippen molar-refractivity contribution in [3.63, 3.8) is 0 Å². The van der Waals surface area contributed by atoms with Gasteiger partial charge in [-0.1, -0.05) is 12.8 Å². The van der Waals surface area contributed by atoms with Gasteiger partial charge in [0.05, 0.1) is 13.2 Å². The number of rotatable bonds is 4. The van der Waals surface area contributed by atoms with Crippen LogP contribution >= 0.6 is 0 Å². The van der Waals surface area contributed by atoms with Crippen molar-refractivity contribution in [3.8, 4) is 0 Å². The average molecular weight is 291 g/mol. The number of benzene rings is 1. The third-order valence-electron chi connectivity index (χ3n) is 4.08. The molecule has 1 aromatic carbocycles. The molecule has 1 aromatic rings. The van der Waals surface area contributed by atoms with Gasteiger partial charge in [0.15, 0.2) is 0 Å². The largest absolute Gasteiger partial charge is 0.399 e. The van der Waals surface area contributed by atoms with Crippen molar-refractivity contribution in [1.82, 2.24) is 4.90 Å². The lowest BCUT2D eigenvalue weighted by Gasteiger charge is -2.27. The Morgan fingerprint density at radius 1 is 1.43 bits per heavy atom. The van der Waals surface area contributed by atoms with Gasteiger partial charge < -0.3 is 16.2 Å². The van der Waals surface area contributed by atoms with Crippen LogP contribution in [0.3, 0.4) is 0 Å². The third kappa shape index (κ3) is 4.44. The quantitative estimate of drug-likeness (QED) is 0.739. The van der Waals surface area contributed by atoms with Gasteiger partial charge in [-0.25, -0.2) is 0 Å². The molecule has 1 atom stereocenters. The highest BCUT2D eigenvalue weighted by Crippen LogP contribution is 2.19. The van der Waals surface area contributed by atoms with Gasteiger partial charge in [0.25, 0.3) is 0 Å². The highest BCUT2D eigenvalue weighted by atomic mass is 16.3. The molecular weight excluding hydrogens is 266 g/mol. The standard InChI is InChI=1S/C16H25N3O2/c1-12-9-13(17)6-7-15(12)18-16(21)10-19-8-4-2-3-5-14(19)11-20/h6-7,9,14,20H,2-5,8,10-11,17H2,1H3,(H,18,21). The van der Waals surface area contributed by atoms with Crippen molar-refractivity contribution in [2.45, 2.75) is 38.6 Å². The molecule has 21 heavy (non-hydrogen) atoms. The molecule has 0 spiro atoms. The summed E-state index contributed by atoms with van der Waals surface area (Å²) in [5.74, 6) is -0.0387. The molecule has 0 aliphatic carbocycles. The Hall–Kier alpha value is -1.59. The summed E-state index contributed by atoms with van der Waals surface area (Å²) in [4.78, 5) is 14.3. The predicted octanol–water partition coefficient (Wildman–Crippen LogP) is 1.75. The maximum Gasteiger partial charge on any atom is 0.238 e. The monoisotopic (exact) mass is 291 g/mol. The molecule has 0 aromatic heterocycles. The fourth-order valence-corrected chi connectivity index (χ4v) is 2.85. The maximum absolute atomic E-state index is 12.2. The van der Waals surface area contributed by atoms with Crippen LogP contribution in [0.2, 0.25) is 0 Å². The molecule has 0 bridgehead atoms. The Bertz CT molecular complexity index is 490. The number of nitrogen functional groups attached to an aromatic ring is 1. The van der Waals surface area contributed by atoms with Gasteiger partial charge >= 0.3 is 0 Å². The molecule has 116 valence electrons. The van der Waals surface area contributed by atoms with Crippen LogP contribution in [0.15, 0.2) is 18.2 Å². The molecule has 1 fully saturated rings. The molecule has 1 saturated heterocycles. The number of hydrogen-bond donors (Lipinski definition) is 3. The topological polar surface area (TPSA) is 78.6 Å². The number of aliphatic hydroxyl groups excluding tert-OH is 1. The van der Waals surface area contributed by atoms with Gasteiger partial charge in [-0.05, 0) is 50.1 Å². The summed E-state index contributed by atoms with van der Waals surface area (Å²) < 4.78 is 0. The highest BCUT2D eigenvalue weighted by molar-refractivity contribution is 5.93. The number of hydrogen-bond acceptors (Lipinski definition) is 4. The number of amides is 1. The third-order valence-corrected chi connectivity index (χ3v) is 4.08. The van der Waals surface area contributed by atoms with Gasteiger partial charge in [0.1, 0.15) is 0 Å². The summed E-state index contributed by atoms with van der Waals surface area (Å²) in [6.45, 7) is 3.25. The molecule has 1 amide bonds. The number of nitrogens with one attached hydrogen (secondary N) is 1. The second-order valence-corrected chi connectivity index (χ2v) is 5.78. The molecule has 1 heterocycles. The Morgan fingerprint density at radius 2 is 2.24 bits per heavy atom. The number of carbonyl (C=O) groups is 1. The van der Waals surface area contributed by atoms with E-state index >= 15 is 0 Å². The summed E-state index contributed by atoms with van der Waals surface area (Å²) >= 11 is 0. The van der Waals surface area contributed by atoms with E-state index in [1.807, 2.05) is 19.1 Å². The van der Waals surface area contributed by atoms with Crippen LogP contribution in [0.5, 0.6) is 0 Å². The number of aliphatic hydroxyl groups is 1. The first-order valence-corrected chi connectivity index (χ1v) is 7.61. The molecule has 2 rings (SSSR count). The van der Waals surface area contributed by atoms with Crippen molar-refractivity contribution >= 4 is 17.3 Å². The summed E-state index contributed by atoms with van der Waals surface area (Å²) in [7, 11) is 0. The minimum atomic E-state index is -0.0387. The second kappa shape index (κ2) is 7.43. The zero-order valence-electron chi connectivity index (χ0n) is 12.6. The average Bonchev–Trinajstić information content (AvgIpc) is 2.67. The molecule has 5 heteroatoms. The van der Waals surface area contributed by atoms with Crippen molar-refractivity contribution in [2.24, 2.45) is 0 Å². The van der Waals surface area contributed by atoms with Crippen molar-refractivity contribution in [2.75, 3.05) is 30.7 Å². The Morgan fingerprint density at radius 3 is 2.95 bits per heavy atom. The lowest BCUT2D eigenvalue weighted by Crippen LogP contribution is -2.42. The SMILES string of the molecule is Cc1cc(N)ccc1NC(=O)CN1CCCCCC1CO. The minimum Gasteiger partial charge on any atom is -0.399 e. The van der Waals surface area contributed by atoms with Crippen molar-refractivity contribution in [3.05, 3.63) is 23.8 Å². The number of nitrogens with two attached hydrogens (primary N) is 1. The van der Waals surface area contributed by atoms with E-state index in [9.17, 15) is 9.90 Å². The van der Waals surface area contributed by atoms with Crippen LogP contribution in [-0.2, 0) is 4.79 Å². The van der Waals surface area contributed by atoms with E-state index in [0.29, 0.717) is 12.2 Å². The van der Waals surface area contributed by atoms with E-state index in [-0.39, 0.29) is 18.6 Å². The molecule has 1 aliphatic heterocycles. The first-order chi connectivity index (χ1) is 10.1. The number of anilines is 2. The molecule has 1 aliphatic rings. The lowest BCUT2D eigenvalue weighted by atomic mass is 10.1. The first-order valence-electron chi connectivity index (χ1n) is 7.61. The van der Waals surface area contributed by atoms with Crippen LogP contribution < -0.4 is 11.1 Å². The van der Waals surface area contributed by atoms with E-state index < -0.39 is 0 Å². The zero-order chi connectivity index (χ0) is 15.2. The van der Waals surface area contributed by atoms with Crippen LogP contribution in [0.1, 0.15) is 31.2 Å². The molecule has 4 N–H and O–H groups in total. The van der Waals surface area contributed by atoms with Crippen molar-refractivity contribution < 1.29 is 9.90 Å². The lowest BCUT2D eigenvalue weighted by molar-refractivity contribution is -0.118. The van der Waals surface area contributed by atoms with Crippen LogP contribution in [0, 0.1) is 6.92 Å². The van der Waals surface area contributed by atoms with Gasteiger partial charge in [-0.15, -0.1) is 0 Å². The van der Waals surface area contributed by atoms with Gasteiger partial charge in [-0.2, -0.15) is 0 Å². The second-order valence-electron chi connectivity index (χ2n) is 5.78. The van der Waals surface area contributed by atoms with Crippen molar-refractivity contribution in [1.29, 1.82) is 0 Å². The van der Waals surface area contributed by atoms with Gasteiger partial charge in [-0.3, -0.25) is 9.69 Å². The minimum absolute atomic E-state index is 0.0387. The van der Waals surface area contributed by atoms with Crippen LogP contribution in [0.25, 0.3) is 0 Å². The summed E-state index contributed by atoms with van der Waals surface area (Å²) in [6, 6.07) is 5.56. The zero-order valence-corrected chi connectivity index (χ0v) is 12.6. The molecular formula is C16H25N3O2. The van der Waals surface area contributed by atoms with E-state index in [4.69, 9.17) is 5.73 Å². The fourth-order valence-electron chi connectivity index (χ4n) is 2.85. The fraction of sp³-hybridized carbons (Fsp3) is 0.562. The summed E-state index contributed by atoms with van der Waals surface area (Å²) in [5.41, 5.74) is 8.16. The summed E-state index contributed by atoms with van der Waals surface area (Å²) in [6.07, 6.45) is 4.35. The summed E-state index contributed by atoms with van der Waals surface area (Å²) in [5, 5.41) is 12.4. The molecule has 0 saturated carbocycles. The van der Waals surface area contributed by atoms with E-state index in [2.05, 4.69) is 10.2 Å². The smallest absolute Gasteiger partial charge is 0.238 e. The van der Waals surface area contributed by atoms with Gasteiger partial charge in [0, 0.05) is 17.4 Å². The maximum atomic E-state index is 12.2. The van der Waals surface area contributed by atoms with E-state index in [0.717, 1.165) is 37.1 Å². The Kier molecular flexibility index (Phi) is 5.59. The number of nitrogens with zero attached hydrogens (tertiary/aromatic N) is 1. The molecule has 1 unspecified atom stereocenters. The number of aryl methyl sites for hydroxylation is 1. The number of likely N-dealkylation sites (tertiary alicyclic amines) is 1. The van der Waals surface area contributed by atoms with Gasteiger partial charge in [0.2, 0.25) is 5.91 Å². The van der Waals surface area contributed by atoms with E-state index in [1.54, 1.807) is 6.07 Å². The molecule has 5 nitrogen and oxygen atoms in total. The first kappa shape index (κ1) is 15.8. The normalized spacial score (nSPS) is 20.0.